The summed E-state index contributed by atoms with van der Waals surface area (Å²) in [4.78, 5) is 21.8. The Hall–Kier alpha value is -2.76. The molecule has 1 amide bonds. The van der Waals surface area contributed by atoms with E-state index in [2.05, 4.69) is 9.97 Å². The highest BCUT2D eigenvalue weighted by Crippen LogP contribution is 2.35. The van der Waals surface area contributed by atoms with Gasteiger partial charge < -0.3 is 19.5 Å². The molecule has 10 nitrogen and oxygen atoms in total. The lowest BCUT2D eigenvalue weighted by molar-refractivity contribution is 0.0113. The van der Waals surface area contributed by atoms with Crippen LogP contribution in [0.5, 0.6) is 17.5 Å². The molecule has 1 aromatic heterocycles. The minimum atomic E-state index is -1.63. The second-order valence-corrected chi connectivity index (χ2v) is 11.2. The molecular formula is C25H33N3O7S. The second kappa shape index (κ2) is 11.1. The van der Waals surface area contributed by atoms with Crippen molar-refractivity contribution in [2.24, 2.45) is 11.3 Å². The minimum Gasteiger partial charge on any atom is -0.474 e. The summed E-state index contributed by atoms with van der Waals surface area (Å²) in [5.74, 6) is 1.62. The van der Waals surface area contributed by atoms with Gasteiger partial charge in [0.2, 0.25) is 11.8 Å². The molecule has 4 rings (SSSR count). The fourth-order valence-corrected chi connectivity index (χ4v) is 5.21. The maximum absolute atomic E-state index is 11.7. The fraction of sp³-hybridized carbons (Fsp3) is 0.560. The summed E-state index contributed by atoms with van der Waals surface area (Å²) in [7, 11) is 0. The average Bonchev–Trinajstić information content (AvgIpc) is 2.83. The number of rotatable bonds is 6. The van der Waals surface area contributed by atoms with Gasteiger partial charge in [0.15, 0.2) is 0 Å². The van der Waals surface area contributed by atoms with Crippen molar-refractivity contribution >= 4 is 17.5 Å². The van der Waals surface area contributed by atoms with Crippen LogP contribution in [0.3, 0.4) is 0 Å². The first kappa shape index (κ1) is 26.3. The fourth-order valence-electron chi connectivity index (χ4n) is 4.53. The van der Waals surface area contributed by atoms with Crippen molar-refractivity contribution in [3.63, 3.8) is 0 Å². The van der Waals surface area contributed by atoms with Gasteiger partial charge in [-0.2, -0.15) is 4.21 Å². The van der Waals surface area contributed by atoms with Crippen LogP contribution in [0.4, 0.5) is 4.79 Å². The van der Waals surface area contributed by atoms with Crippen molar-refractivity contribution in [3.8, 4) is 17.5 Å². The molecule has 2 atom stereocenters. The van der Waals surface area contributed by atoms with Gasteiger partial charge in [0, 0.05) is 31.3 Å². The third kappa shape index (κ3) is 6.51. The molecule has 2 aromatic rings. The summed E-state index contributed by atoms with van der Waals surface area (Å²) in [6.45, 7) is 9.20. The summed E-state index contributed by atoms with van der Waals surface area (Å²) in [6, 6.07) is 7.53. The monoisotopic (exact) mass is 519 g/mol. The molecule has 0 bridgehead atoms. The highest BCUT2D eigenvalue weighted by atomic mass is 32.2. The van der Waals surface area contributed by atoms with Gasteiger partial charge in [0.25, 0.3) is 0 Å². The minimum absolute atomic E-state index is 0.151. The molecule has 3 heterocycles. The van der Waals surface area contributed by atoms with E-state index in [1.165, 1.54) is 11.2 Å². The van der Waals surface area contributed by atoms with E-state index in [-0.39, 0.29) is 23.5 Å². The first-order valence-electron chi connectivity index (χ1n) is 12.0. The third-order valence-electron chi connectivity index (χ3n) is 6.53. The number of ether oxygens (including phenoxy) is 2. The number of amides is 1. The summed E-state index contributed by atoms with van der Waals surface area (Å²) in [5, 5.41) is 9.60. The van der Waals surface area contributed by atoms with Crippen molar-refractivity contribution in [1.82, 2.24) is 14.9 Å². The lowest BCUT2D eigenvalue weighted by Crippen LogP contribution is -2.53. The van der Waals surface area contributed by atoms with E-state index in [0.29, 0.717) is 55.7 Å². The second-order valence-electron chi connectivity index (χ2n) is 10.3. The van der Waals surface area contributed by atoms with Crippen LogP contribution in [0.25, 0.3) is 0 Å². The van der Waals surface area contributed by atoms with Gasteiger partial charge in [-0.3, -0.25) is 8.37 Å². The normalized spacial score (nSPS) is 24.8. The van der Waals surface area contributed by atoms with Gasteiger partial charge >= 0.3 is 17.5 Å². The number of piperidine rings is 1. The molecule has 36 heavy (non-hydrogen) atoms. The van der Waals surface area contributed by atoms with E-state index in [1.807, 2.05) is 52.0 Å². The van der Waals surface area contributed by atoms with Crippen LogP contribution < -0.4 is 9.47 Å². The van der Waals surface area contributed by atoms with Gasteiger partial charge in [-0.05, 0) is 36.5 Å². The number of likely N-dealkylation sites (tertiary alicyclic amines) is 1. The smallest absolute Gasteiger partial charge is 0.407 e. The van der Waals surface area contributed by atoms with Gasteiger partial charge in [-0.25, -0.2) is 14.8 Å². The zero-order valence-electron chi connectivity index (χ0n) is 21.0. The van der Waals surface area contributed by atoms with E-state index < -0.39 is 17.5 Å². The van der Waals surface area contributed by atoms with Gasteiger partial charge in [0.05, 0.1) is 18.8 Å². The SMILES string of the molecule is Cc1c(Oc2ccc(CC3COS(=O)OC3)cc2)ncnc1O[C@H]1CCN(C(=O)O)[C@H](C(C)(C)C)C1. The molecular weight excluding hydrogens is 486 g/mol. The Bertz CT molecular complexity index is 1080. The van der Waals surface area contributed by atoms with E-state index in [1.54, 1.807) is 0 Å². The lowest BCUT2D eigenvalue weighted by Gasteiger charge is -2.44. The number of carbonyl (C=O) groups is 1. The highest BCUT2D eigenvalue weighted by Gasteiger charge is 2.39. The number of hydrogen-bond donors (Lipinski definition) is 1. The Morgan fingerprint density at radius 1 is 1.17 bits per heavy atom. The molecule has 0 unspecified atom stereocenters. The Labute approximate surface area is 213 Å². The maximum atomic E-state index is 11.7. The van der Waals surface area contributed by atoms with Crippen LogP contribution in [0.1, 0.15) is 44.7 Å². The zero-order chi connectivity index (χ0) is 25.9. The number of benzene rings is 1. The van der Waals surface area contributed by atoms with Crippen LogP contribution in [-0.2, 0) is 26.1 Å². The predicted molar refractivity (Wildman–Crippen MR) is 132 cm³/mol. The Balaban J connectivity index is 1.39. The Morgan fingerprint density at radius 3 is 2.47 bits per heavy atom. The van der Waals surface area contributed by atoms with Crippen LogP contribution >= 0.6 is 0 Å². The quantitative estimate of drug-likeness (QED) is 0.595. The Kier molecular flexibility index (Phi) is 8.11. The van der Waals surface area contributed by atoms with Crippen LogP contribution in [0.15, 0.2) is 30.6 Å². The van der Waals surface area contributed by atoms with Crippen molar-refractivity contribution in [1.29, 1.82) is 0 Å². The van der Waals surface area contributed by atoms with Gasteiger partial charge in [-0.1, -0.05) is 32.9 Å². The van der Waals surface area contributed by atoms with Crippen LogP contribution in [-0.4, -0.2) is 62.2 Å². The standard InChI is InChI=1S/C25H33N3O7S/c1-16-22(34-19-7-5-17(6-8-19)11-18-13-32-36(31)33-14-18)26-15-27-23(16)35-20-9-10-28(24(29)30)21(12-20)25(2,3)4/h5-8,15,18,20-21H,9-14H2,1-4H3,(H,29,30)/t18?,20-,21-,36?/m0/s1. The largest absolute Gasteiger partial charge is 0.474 e. The molecule has 11 heteroatoms. The molecule has 0 saturated carbocycles. The summed E-state index contributed by atoms with van der Waals surface area (Å²) in [5.41, 5.74) is 1.56. The predicted octanol–water partition coefficient (Wildman–Crippen LogP) is 4.30. The number of nitrogens with zero attached hydrogens (tertiary/aromatic N) is 3. The zero-order valence-corrected chi connectivity index (χ0v) is 21.8. The van der Waals surface area contributed by atoms with Gasteiger partial charge in [0.1, 0.15) is 18.2 Å². The van der Waals surface area contributed by atoms with Crippen molar-refractivity contribution < 1.29 is 31.9 Å². The van der Waals surface area contributed by atoms with E-state index in [9.17, 15) is 14.1 Å². The molecule has 0 spiro atoms. The molecule has 0 aliphatic carbocycles. The average molecular weight is 520 g/mol. The molecule has 2 aliphatic heterocycles. The molecule has 2 saturated heterocycles. The van der Waals surface area contributed by atoms with E-state index in [4.69, 9.17) is 17.8 Å². The van der Waals surface area contributed by atoms with E-state index >= 15 is 0 Å². The van der Waals surface area contributed by atoms with E-state index in [0.717, 1.165) is 12.0 Å². The molecule has 2 aliphatic rings. The molecule has 1 N–H and O–H groups in total. The van der Waals surface area contributed by atoms with Crippen molar-refractivity contribution in [2.75, 3.05) is 19.8 Å². The van der Waals surface area contributed by atoms with Crippen LogP contribution in [0.2, 0.25) is 0 Å². The molecule has 1 aromatic carbocycles. The van der Waals surface area contributed by atoms with Crippen molar-refractivity contribution in [2.45, 2.75) is 59.1 Å². The topological polar surface area (TPSA) is 120 Å². The lowest BCUT2D eigenvalue weighted by atomic mass is 9.80. The summed E-state index contributed by atoms with van der Waals surface area (Å²) >= 11 is -1.63. The molecule has 2 fully saturated rings. The molecule has 0 radical (unpaired) electrons. The number of aromatic nitrogens is 2. The summed E-state index contributed by atoms with van der Waals surface area (Å²) < 4.78 is 33.5. The first-order valence-corrected chi connectivity index (χ1v) is 13.0. The van der Waals surface area contributed by atoms with Crippen LogP contribution in [0, 0.1) is 18.3 Å². The highest BCUT2D eigenvalue weighted by molar-refractivity contribution is 7.75. The summed E-state index contributed by atoms with van der Waals surface area (Å²) in [6.07, 6.45) is 2.28. The maximum Gasteiger partial charge on any atom is 0.407 e. The number of carboxylic acid groups (broad SMARTS) is 1. The third-order valence-corrected chi connectivity index (χ3v) is 7.19. The Morgan fingerprint density at radius 2 is 1.83 bits per heavy atom. The number of hydrogen-bond acceptors (Lipinski definition) is 8. The first-order chi connectivity index (χ1) is 17.1. The van der Waals surface area contributed by atoms with Gasteiger partial charge in [-0.15, -0.1) is 0 Å². The molecule has 196 valence electrons. The van der Waals surface area contributed by atoms with Crippen molar-refractivity contribution in [3.05, 3.63) is 41.7 Å².